The van der Waals surface area contributed by atoms with E-state index in [1.54, 1.807) is 20.2 Å². The van der Waals surface area contributed by atoms with Crippen LogP contribution >= 0.6 is 0 Å². The van der Waals surface area contributed by atoms with Crippen molar-refractivity contribution in [2.24, 2.45) is 0 Å². The van der Waals surface area contributed by atoms with E-state index in [1.807, 2.05) is 18.2 Å². The molecule has 0 fully saturated rings. The van der Waals surface area contributed by atoms with Crippen LogP contribution in [-0.2, 0) is 20.9 Å². The van der Waals surface area contributed by atoms with E-state index in [2.05, 4.69) is 0 Å². The van der Waals surface area contributed by atoms with Gasteiger partial charge in [-0.15, -0.1) is 0 Å². The fourth-order valence-electron chi connectivity index (χ4n) is 2.34. The number of amides is 1. The van der Waals surface area contributed by atoms with Gasteiger partial charge in [-0.05, 0) is 29.8 Å². The number of hydrogen-bond acceptors (Lipinski definition) is 6. The summed E-state index contributed by atoms with van der Waals surface area (Å²) in [5.74, 6) is -0.370. The number of non-ortho nitro benzene ring substituents is 1. The van der Waals surface area contributed by atoms with E-state index in [4.69, 9.17) is 9.47 Å². The van der Waals surface area contributed by atoms with Crippen molar-refractivity contribution < 1.29 is 24.0 Å². The van der Waals surface area contributed by atoms with Crippen LogP contribution in [0.1, 0.15) is 11.1 Å². The molecule has 0 aliphatic rings. The van der Waals surface area contributed by atoms with Gasteiger partial charge in [0, 0.05) is 37.4 Å². The molecule has 0 unspecified atom stereocenters. The molecule has 2 aromatic rings. The average molecular weight is 384 g/mol. The lowest BCUT2D eigenvalue weighted by atomic mass is 10.2. The van der Waals surface area contributed by atoms with Gasteiger partial charge in [0.25, 0.3) is 11.6 Å². The van der Waals surface area contributed by atoms with Crippen LogP contribution in [-0.4, -0.2) is 42.5 Å². The van der Waals surface area contributed by atoms with Gasteiger partial charge in [-0.25, -0.2) is 4.79 Å². The number of nitro benzene ring substituents is 1. The van der Waals surface area contributed by atoms with E-state index >= 15 is 0 Å². The van der Waals surface area contributed by atoms with Gasteiger partial charge in [0.1, 0.15) is 5.75 Å². The number of carbonyl (C=O) groups is 2. The summed E-state index contributed by atoms with van der Waals surface area (Å²) >= 11 is 0. The van der Waals surface area contributed by atoms with Crippen LogP contribution in [0.5, 0.6) is 5.75 Å². The summed E-state index contributed by atoms with van der Waals surface area (Å²) in [5, 5.41) is 10.6. The zero-order valence-corrected chi connectivity index (χ0v) is 15.5. The molecule has 1 amide bonds. The Labute approximate surface area is 162 Å². The summed E-state index contributed by atoms with van der Waals surface area (Å²) < 4.78 is 10.2. The number of rotatable bonds is 8. The molecule has 28 heavy (non-hydrogen) atoms. The summed E-state index contributed by atoms with van der Waals surface area (Å²) in [6, 6.07) is 13.0. The Morgan fingerprint density at radius 3 is 2.46 bits per heavy atom. The fraction of sp³-hybridized carbons (Fsp3) is 0.200. The van der Waals surface area contributed by atoms with Gasteiger partial charge in [-0.1, -0.05) is 18.2 Å². The average Bonchev–Trinajstić information content (AvgIpc) is 2.71. The maximum atomic E-state index is 12.1. The number of ether oxygens (including phenoxy) is 2. The van der Waals surface area contributed by atoms with Crippen molar-refractivity contribution >= 4 is 23.6 Å². The first-order chi connectivity index (χ1) is 13.4. The molecule has 0 bridgehead atoms. The first-order valence-electron chi connectivity index (χ1n) is 8.36. The van der Waals surface area contributed by atoms with Gasteiger partial charge < -0.3 is 14.4 Å². The molecule has 2 aromatic carbocycles. The number of nitrogens with zero attached hydrogens (tertiary/aromatic N) is 2. The third kappa shape index (κ3) is 5.94. The molecule has 0 aromatic heterocycles. The van der Waals surface area contributed by atoms with Gasteiger partial charge in [-0.2, -0.15) is 0 Å². The monoisotopic (exact) mass is 384 g/mol. The third-order valence-corrected chi connectivity index (χ3v) is 3.88. The highest BCUT2D eigenvalue weighted by atomic mass is 16.6. The van der Waals surface area contributed by atoms with Crippen LogP contribution in [0.25, 0.3) is 6.08 Å². The highest BCUT2D eigenvalue weighted by Crippen LogP contribution is 2.18. The van der Waals surface area contributed by atoms with E-state index in [-0.39, 0.29) is 11.6 Å². The third-order valence-electron chi connectivity index (χ3n) is 3.88. The first kappa shape index (κ1) is 20.6. The lowest BCUT2D eigenvalue weighted by Gasteiger charge is -2.18. The summed E-state index contributed by atoms with van der Waals surface area (Å²) in [4.78, 5) is 35.5. The number of methoxy groups -OCH3 is 1. The summed E-state index contributed by atoms with van der Waals surface area (Å²) in [5.41, 5.74) is 1.40. The molecular formula is C20H20N2O6. The van der Waals surface area contributed by atoms with Crippen molar-refractivity contribution in [2.45, 2.75) is 6.54 Å². The Bertz CT molecular complexity index is 877. The van der Waals surface area contributed by atoms with E-state index in [1.165, 1.54) is 35.2 Å². The second-order valence-electron chi connectivity index (χ2n) is 5.85. The highest BCUT2D eigenvalue weighted by Gasteiger charge is 2.13. The molecule has 0 heterocycles. The van der Waals surface area contributed by atoms with Crippen LogP contribution in [0.4, 0.5) is 5.69 Å². The van der Waals surface area contributed by atoms with Crippen LogP contribution in [0.2, 0.25) is 0 Å². The van der Waals surface area contributed by atoms with Crippen molar-refractivity contribution in [3.8, 4) is 5.75 Å². The maximum Gasteiger partial charge on any atom is 0.331 e. The van der Waals surface area contributed by atoms with Crippen LogP contribution in [0.15, 0.2) is 54.6 Å². The molecule has 0 radical (unpaired) electrons. The Balaban J connectivity index is 1.84. The van der Waals surface area contributed by atoms with Crippen molar-refractivity contribution in [1.29, 1.82) is 0 Å². The van der Waals surface area contributed by atoms with Crippen molar-refractivity contribution in [1.82, 2.24) is 4.90 Å². The number of hydrogen-bond donors (Lipinski definition) is 0. The molecule has 8 heteroatoms. The van der Waals surface area contributed by atoms with Crippen LogP contribution in [0.3, 0.4) is 0 Å². The quantitative estimate of drug-likeness (QED) is 0.300. The molecule has 0 aliphatic heterocycles. The standard InChI is InChI=1S/C20H20N2O6/c1-21(13-16-5-3-4-6-18(16)27-2)19(23)14-28-20(24)12-9-15-7-10-17(11-8-15)22(25)26/h3-12H,13-14H2,1-2H3/b12-9+. The maximum absolute atomic E-state index is 12.1. The highest BCUT2D eigenvalue weighted by molar-refractivity contribution is 5.89. The van der Waals surface area contributed by atoms with Gasteiger partial charge in [0.15, 0.2) is 6.61 Å². The van der Waals surface area contributed by atoms with E-state index in [9.17, 15) is 19.7 Å². The van der Waals surface area contributed by atoms with Gasteiger partial charge in [0.05, 0.1) is 12.0 Å². The molecule has 2 rings (SSSR count). The second-order valence-corrected chi connectivity index (χ2v) is 5.85. The largest absolute Gasteiger partial charge is 0.496 e. The minimum Gasteiger partial charge on any atom is -0.496 e. The number of likely N-dealkylation sites (N-methyl/N-ethyl adjacent to an activating group) is 1. The minimum atomic E-state index is -0.683. The van der Waals surface area contributed by atoms with Crippen LogP contribution < -0.4 is 4.74 Å². The van der Waals surface area contributed by atoms with Gasteiger partial charge >= 0.3 is 5.97 Å². The molecule has 0 N–H and O–H groups in total. The number of carbonyl (C=O) groups excluding carboxylic acids is 2. The Morgan fingerprint density at radius 2 is 1.82 bits per heavy atom. The van der Waals surface area contributed by atoms with Gasteiger partial charge in [-0.3, -0.25) is 14.9 Å². The molecule has 0 saturated carbocycles. The smallest absolute Gasteiger partial charge is 0.331 e. The molecule has 0 spiro atoms. The second kappa shape index (κ2) is 9.86. The number of esters is 1. The summed E-state index contributed by atoms with van der Waals surface area (Å²) in [7, 11) is 3.16. The van der Waals surface area contributed by atoms with E-state index in [0.717, 1.165) is 11.6 Å². The Kier molecular flexibility index (Phi) is 7.27. The molecule has 8 nitrogen and oxygen atoms in total. The Morgan fingerprint density at radius 1 is 1.14 bits per heavy atom. The van der Waals surface area contributed by atoms with Crippen molar-refractivity contribution in [3.63, 3.8) is 0 Å². The molecule has 0 aliphatic carbocycles. The number of benzene rings is 2. The molecule has 0 atom stereocenters. The Hall–Kier alpha value is -3.68. The lowest BCUT2D eigenvalue weighted by molar-refractivity contribution is -0.384. The zero-order valence-electron chi connectivity index (χ0n) is 15.5. The first-order valence-corrected chi connectivity index (χ1v) is 8.36. The molecular weight excluding hydrogens is 364 g/mol. The molecule has 0 saturated heterocycles. The molecule has 146 valence electrons. The topological polar surface area (TPSA) is 99.0 Å². The normalized spacial score (nSPS) is 10.5. The summed E-state index contributed by atoms with van der Waals surface area (Å²) in [6.45, 7) is -0.0753. The predicted octanol–water partition coefficient (Wildman–Crippen LogP) is 2.82. The van der Waals surface area contributed by atoms with Gasteiger partial charge in [0.2, 0.25) is 0 Å². The van der Waals surface area contributed by atoms with Crippen molar-refractivity contribution in [2.75, 3.05) is 20.8 Å². The number of nitro groups is 1. The summed E-state index contributed by atoms with van der Waals surface area (Å²) in [6.07, 6.45) is 2.61. The number of para-hydroxylation sites is 1. The SMILES string of the molecule is COc1ccccc1CN(C)C(=O)COC(=O)/C=C/c1ccc([N+](=O)[O-])cc1. The van der Waals surface area contributed by atoms with Crippen LogP contribution in [0, 0.1) is 10.1 Å². The van der Waals surface area contributed by atoms with E-state index in [0.29, 0.717) is 17.9 Å². The minimum absolute atomic E-state index is 0.0385. The van der Waals surface area contributed by atoms with E-state index < -0.39 is 17.5 Å². The predicted molar refractivity (Wildman–Crippen MR) is 103 cm³/mol. The zero-order chi connectivity index (χ0) is 20.5. The van der Waals surface area contributed by atoms with Crippen molar-refractivity contribution in [3.05, 3.63) is 75.8 Å². The fourth-order valence-corrected chi connectivity index (χ4v) is 2.34. The lowest BCUT2D eigenvalue weighted by Crippen LogP contribution is -2.30.